The fourth-order valence-corrected chi connectivity index (χ4v) is 4.09. The van der Waals surface area contributed by atoms with Crippen LogP contribution in [0.15, 0.2) is 18.2 Å². The van der Waals surface area contributed by atoms with Crippen LogP contribution in [0.5, 0.6) is 0 Å². The Bertz CT molecular complexity index is 444. The van der Waals surface area contributed by atoms with E-state index in [-0.39, 0.29) is 11.2 Å². The number of thioether (sulfide) groups is 1. The van der Waals surface area contributed by atoms with E-state index in [1.165, 1.54) is 6.07 Å². The van der Waals surface area contributed by atoms with E-state index >= 15 is 0 Å². The zero-order chi connectivity index (χ0) is 13.4. The Morgan fingerprint density at radius 3 is 2.72 bits per heavy atom. The van der Waals surface area contributed by atoms with Crippen LogP contribution in [0, 0.1) is 18.2 Å². The maximum absolute atomic E-state index is 13.1. The minimum atomic E-state index is -0.696. The highest BCUT2D eigenvalue weighted by molar-refractivity contribution is 7.99. The van der Waals surface area contributed by atoms with Gasteiger partial charge in [0.1, 0.15) is 5.82 Å². The second-order valence-corrected chi connectivity index (χ2v) is 7.07. The molecule has 1 fully saturated rings. The molecule has 1 heterocycles. The Morgan fingerprint density at radius 2 is 2.11 bits per heavy atom. The number of rotatable bonds is 2. The van der Waals surface area contributed by atoms with Gasteiger partial charge in [0.25, 0.3) is 0 Å². The molecule has 1 nitrogen and oxygen atoms in total. The van der Waals surface area contributed by atoms with Gasteiger partial charge >= 0.3 is 0 Å². The highest BCUT2D eigenvalue weighted by atomic mass is 32.2. The highest BCUT2D eigenvalue weighted by Gasteiger charge is 2.45. The molecule has 0 spiro atoms. The van der Waals surface area contributed by atoms with Crippen LogP contribution in [0.25, 0.3) is 0 Å². The van der Waals surface area contributed by atoms with E-state index < -0.39 is 5.60 Å². The molecule has 1 saturated heterocycles. The van der Waals surface area contributed by atoms with Gasteiger partial charge in [-0.05, 0) is 47.8 Å². The molecule has 1 aromatic carbocycles. The summed E-state index contributed by atoms with van der Waals surface area (Å²) >= 11 is 1.81. The fraction of sp³-hybridized carbons (Fsp3) is 0.600. The molecule has 3 heteroatoms. The van der Waals surface area contributed by atoms with Crippen molar-refractivity contribution in [1.29, 1.82) is 0 Å². The third-order valence-corrected chi connectivity index (χ3v) is 5.43. The van der Waals surface area contributed by atoms with Gasteiger partial charge in [0.05, 0.1) is 5.60 Å². The third kappa shape index (κ3) is 2.57. The number of hydrogen-bond donors (Lipinski definition) is 1. The first-order chi connectivity index (χ1) is 8.34. The molecular weight excluding hydrogens is 247 g/mol. The topological polar surface area (TPSA) is 20.2 Å². The van der Waals surface area contributed by atoms with E-state index in [1.807, 2.05) is 18.7 Å². The molecular formula is C15H21FOS. The minimum absolute atomic E-state index is 0.0842. The Morgan fingerprint density at radius 1 is 1.39 bits per heavy atom. The zero-order valence-electron chi connectivity index (χ0n) is 11.3. The smallest absolute Gasteiger partial charge is 0.123 e. The molecule has 18 heavy (non-hydrogen) atoms. The molecule has 2 rings (SSSR count). The molecule has 1 atom stereocenters. The third-order valence-electron chi connectivity index (χ3n) is 4.26. The standard InChI is InChI=1S/C15H21FOS/c1-11-8-13(16)5-4-12(11)9-15(17)10-18-7-6-14(15,2)3/h4-5,8,17H,6-7,9-10H2,1-3H3. The van der Waals surface area contributed by atoms with Crippen molar-refractivity contribution in [3.05, 3.63) is 35.1 Å². The summed E-state index contributed by atoms with van der Waals surface area (Å²) in [7, 11) is 0. The van der Waals surface area contributed by atoms with Crippen molar-refractivity contribution >= 4 is 11.8 Å². The van der Waals surface area contributed by atoms with Crippen molar-refractivity contribution in [3.8, 4) is 0 Å². The summed E-state index contributed by atoms with van der Waals surface area (Å²) in [4.78, 5) is 0. The van der Waals surface area contributed by atoms with Crippen LogP contribution in [-0.2, 0) is 6.42 Å². The Labute approximate surface area is 113 Å². The quantitative estimate of drug-likeness (QED) is 0.885. The van der Waals surface area contributed by atoms with Gasteiger partial charge in [-0.25, -0.2) is 4.39 Å². The molecule has 1 N–H and O–H groups in total. The van der Waals surface area contributed by atoms with Crippen molar-refractivity contribution < 1.29 is 9.50 Å². The molecule has 0 bridgehead atoms. The highest BCUT2D eigenvalue weighted by Crippen LogP contribution is 2.44. The van der Waals surface area contributed by atoms with E-state index in [1.54, 1.807) is 12.1 Å². The zero-order valence-corrected chi connectivity index (χ0v) is 12.1. The first kappa shape index (κ1) is 13.9. The van der Waals surface area contributed by atoms with Crippen molar-refractivity contribution in [2.75, 3.05) is 11.5 Å². The van der Waals surface area contributed by atoms with Crippen molar-refractivity contribution in [2.45, 2.75) is 39.2 Å². The predicted molar refractivity (Wildman–Crippen MR) is 75.5 cm³/mol. The van der Waals surface area contributed by atoms with Crippen molar-refractivity contribution in [1.82, 2.24) is 0 Å². The largest absolute Gasteiger partial charge is 0.388 e. The first-order valence-electron chi connectivity index (χ1n) is 6.39. The molecule has 1 aliphatic rings. The number of halogens is 1. The first-order valence-corrected chi connectivity index (χ1v) is 7.55. The lowest BCUT2D eigenvalue weighted by Crippen LogP contribution is -2.51. The van der Waals surface area contributed by atoms with E-state index in [4.69, 9.17) is 0 Å². The number of aliphatic hydroxyl groups is 1. The summed E-state index contributed by atoms with van der Waals surface area (Å²) in [6, 6.07) is 4.83. The second kappa shape index (κ2) is 4.86. The van der Waals surface area contributed by atoms with Crippen LogP contribution in [0.4, 0.5) is 4.39 Å². The summed E-state index contributed by atoms with van der Waals surface area (Å²) < 4.78 is 13.1. The SMILES string of the molecule is Cc1cc(F)ccc1CC1(O)CSCCC1(C)C. The van der Waals surface area contributed by atoms with Gasteiger partial charge in [-0.2, -0.15) is 11.8 Å². The molecule has 0 aliphatic carbocycles. The van der Waals surface area contributed by atoms with Crippen molar-refractivity contribution in [2.24, 2.45) is 5.41 Å². The maximum atomic E-state index is 13.1. The van der Waals surface area contributed by atoms with E-state index in [0.29, 0.717) is 6.42 Å². The lowest BCUT2D eigenvalue weighted by atomic mass is 9.70. The summed E-state index contributed by atoms with van der Waals surface area (Å²) in [5, 5.41) is 10.9. The average molecular weight is 268 g/mol. The van der Waals surface area contributed by atoms with Gasteiger partial charge < -0.3 is 5.11 Å². The predicted octanol–water partition coefficient (Wildman–Crippen LogP) is 3.57. The van der Waals surface area contributed by atoms with Crippen LogP contribution in [0.3, 0.4) is 0 Å². The molecule has 1 unspecified atom stereocenters. The molecule has 0 radical (unpaired) electrons. The summed E-state index contributed by atoms with van der Waals surface area (Å²) in [5.41, 5.74) is 1.20. The average Bonchev–Trinajstić information content (AvgIpc) is 2.27. The van der Waals surface area contributed by atoms with Gasteiger partial charge in [-0.3, -0.25) is 0 Å². The Balaban J connectivity index is 2.26. The Hall–Kier alpha value is -0.540. The molecule has 100 valence electrons. The lowest BCUT2D eigenvalue weighted by Gasteiger charge is -2.46. The number of aryl methyl sites for hydroxylation is 1. The van der Waals surface area contributed by atoms with Crippen molar-refractivity contribution in [3.63, 3.8) is 0 Å². The van der Waals surface area contributed by atoms with E-state index in [9.17, 15) is 9.50 Å². The van der Waals surface area contributed by atoms with Crippen LogP contribution in [0.2, 0.25) is 0 Å². The van der Waals surface area contributed by atoms with Crippen LogP contribution in [0.1, 0.15) is 31.4 Å². The molecule has 1 aliphatic heterocycles. The molecule has 0 aromatic heterocycles. The summed E-state index contributed by atoms with van der Waals surface area (Å²) in [5.74, 6) is 1.66. The second-order valence-electron chi connectivity index (χ2n) is 5.97. The molecule has 0 saturated carbocycles. The monoisotopic (exact) mass is 268 g/mol. The minimum Gasteiger partial charge on any atom is -0.388 e. The van der Waals surface area contributed by atoms with E-state index in [0.717, 1.165) is 29.1 Å². The number of benzene rings is 1. The molecule has 0 amide bonds. The van der Waals surface area contributed by atoms with Gasteiger partial charge in [0, 0.05) is 12.2 Å². The van der Waals surface area contributed by atoms with Gasteiger partial charge in [0.15, 0.2) is 0 Å². The maximum Gasteiger partial charge on any atom is 0.123 e. The summed E-state index contributed by atoms with van der Waals surface area (Å²) in [6.45, 7) is 6.17. The van der Waals surface area contributed by atoms with Gasteiger partial charge in [-0.1, -0.05) is 19.9 Å². The van der Waals surface area contributed by atoms with Gasteiger partial charge in [0.2, 0.25) is 0 Å². The lowest BCUT2D eigenvalue weighted by molar-refractivity contribution is -0.0514. The van der Waals surface area contributed by atoms with Gasteiger partial charge in [-0.15, -0.1) is 0 Å². The van der Waals surface area contributed by atoms with E-state index in [2.05, 4.69) is 13.8 Å². The van der Waals surface area contributed by atoms with Crippen LogP contribution >= 0.6 is 11.8 Å². The molecule has 1 aromatic rings. The van der Waals surface area contributed by atoms with Crippen LogP contribution < -0.4 is 0 Å². The fourth-order valence-electron chi connectivity index (χ4n) is 2.46. The Kier molecular flexibility index (Phi) is 3.75. The summed E-state index contributed by atoms with van der Waals surface area (Å²) in [6.07, 6.45) is 1.63. The number of hydrogen-bond acceptors (Lipinski definition) is 2. The van der Waals surface area contributed by atoms with Crippen LogP contribution in [-0.4, -0.2) is 22.2 Å². The normalized spacial score (nSPS) is 27.2.